The van der Waals surface area contributed by atoms with Gasteiger partial charge in [0.15, 0.2) is 0 Å². The summed E-state index contributed by atoms with van der Waals surface area (Å²) >= 11 is 5.95. The molecule has 2 N–H and O–H groups in total. The molecule has 0 saturated heterocycles. The van der Waals surface area contributed by atoms with Crippen molar-refractivity contribution < 1.29 is 27.8 Å². The van der Waals surface area contributed by atoms with Crippen molar-refractivity contribution >= 4 is 17.5 Å². The molecule has 1 saturated carbocycles. The molecule has 31 heavy (non-hydrogen) atoms. The van der Waals surface area contributed by atoms with Crippen LogP contribution in [-0.2, 0) is 11.2 Å². The Hall–Kier alpha value is -2.69. The predicted octanol–water partition coefficient (Wildman–Crippen LogP) is 4.62. The number of amides is 1. The van der Waals surface area contributed by atoms with E-state index < -0.39 is 12.0 Å². The van der Waals surface area contributed by atoms with Crippen LogP contribution in [0.15, 0.2) is 48.5 Å². The van der Waals surface area contributed by atoms with E-state index >= 15 is 0 Å². The van der Waals surface area contributed by atoms with Crippen LogP contribution >= 0.6 is 11.6 Å². The monoisotopic (exact) mass is 451 g/mol. The maximum Gasteiger partial charge on any atom is 0.573 e. The van der Waals surface area contributed by atoms with Gasteiger partial charge in [0.05, 0.1) is 6.42 Å². The Labute approximate surface area is 183 Å². The predicted molar refractivity (Wildman–Crippen MR) is 111 cm³/mol. The average Bonchev–Trinajstić information content (AvgIpc) is 2.67. The first-order chi connectivity index (χ1) is 14.6. The standard InChI is InChI=1S/C23H21ClF3NO3/c24-18-4-1-3-16(13-18)10-12-22(30)11-2-5-19(15-22)28-21(29)14-17-6-8-20(9-7-17)31-23(25,26)27/h1,3-4,6-9,13,19,30H,2,5,11,14-15H2,(H,28,29)/t19-,22+/m0/s1. The molecule has 1 fully saturated rings. The molecule has 4 nitrogen and oxygen atoms in total. The third kappa shape index (κ3) is 7.50. The van der Waals surface area contributed by atoms with Gasteiger partial charge in [0.1, 0.15) is 11.4 Å². The first-order valence-corrected chi connectivity index (χ1v) is 10.1. The lowest BCUT2D eigenvalue weighted by Gasteiger charge is -2.33. The van der Waals surface area contributed by atoms with E-state index in [2.05, 4.69) is 21.9 Å². The molecular formula is C23H21ClF3NO3. The smallest absolute Gasteiger partial charge is 0.406 e. The molecule has 2 aromatic rings. The fourth-order valence-corrected chi connectivity index (χ4v) is 3.71. The van der Waals surface area contributed by atoms with Gasteiger partial charge in [0, 0.05) is 23.0 Å². The summed E-state index contributed by atoms with van der Waals surface area (Å²) in [4.78, 5) is 12.4. The summed E-state index contributed by atoms with van der Waals surface area (Å²) in [6.07, 6.45) is -2.53. The van der Waals surface area contributed by atoms with Crippen LogP contribution in [0, 0.1) is 11.8 Å². The van der Waals surface area contributed by atoms with Crippen molar-refractivity contribution in [2.24, 2.45) is 0 Å². The van der Waals surface area contributed by atoms with Crippen molar-refractivity contribution in [1.82, 2.24) is 5.32 Å². The first kappa shape index (κ1) is 23.0. The van der Waals surface area contributed by atoms with Crippen molar-refractivity contribution in [3.63, 3.8) is 0 Å². The number of nitrogens with one attached hydrogen (secondary N) is 1. The lowest BCUT2D eigenvalue weighted by molar-refractivity contribution is -0.274. The maximum absolute atomic E-state index is 12.4. The van der Waals surface area contributed by atoms with E-state index in [9.17, 15) is 23.1 Å². The minimum Gasteiger partial charge on any atom is -0.406 e. The number of carbonyl (C=O) groups excluding carboxylic acids is 1. The lowest BCUT2D eigenvalue weighted by Crippen LogP contribution is -2.45. The number of benzene rings is 2. The number of aliphatic hydroxyl groups is 1. The molecule has 3 rings (SSSR count). The molecular weight excluding hydrogens is 431 g/mol. The van der Waals surface area contributed by atoms with Gasteiger partial charge in [-0.2, -0.15) is 0 Å². The van der Waals surface area contributed by atoms with Crippen LogP contribution in [0.3, 0.4) is 0 Å². The van der Waals surface area contributed by atoms with E-state index in [4.69, 9.17) is 11.6 Å². The summed E-state index contributed by atoms with van der Waals surface area (Å²) < 4.78 is 40.5. The molecule has 0 aromatic heterocycles. The molecule has 1 amide bonds. The number of halogens is 4. The van der Waals surface area contributed by atoms with E-state index in [1.54, 1.807) is 24.3 Å². The second-order valence-electron chi connectivity index (χ2n) is 7.52. The molecule has 8 heteroatoms. The molecule has 1 aliphatic carbocycles. The van der Waals surface area contributed by atoms with Crippen LogP contribution in [0.25, 0.3) is 0 Å². The summed E-state index contributed by atoms with van der Waals surface area (Å²) in [5, 5.41) is 14.3. The van der Waals surface area contributed by atoms with Crippen LogP contribution in [0.2, 0.25) is 5.02 Å². The highest BCUT2D eigenvalue weighted by Gasteiger charge is 2.33. The summed E-state index contributed by atoms with van der Waals surface area (Å²) in [5.74, 6) is 5.23. The van der Waals surface area contributed by atoms with Crippen molar-refractivity contribution in [2.75, 3.05) is 0 Å². The van der Waals surface area contributed by atoms with Gasteiger partial charge in [0.25, 0.3) is 0 Å². The zero-order valence-corrected chi connectivity index (χ0v) is 17.3. The zero-order chi connectivity index (χ0) is 22.5. The van der Waals surface area contributed by atoms with Crippen LogP contribution in [0.1, 0.15) is 36.8 Å². The quantitative estimate of drug-likeness (QED) is 0.667. The van der Waals surface area contributed by atoms with E-state index in [-0.39, 0.29) is 24.1 Å². The number of carbonyl (C=O) groups is 1. The number of rotatable bonds is 4. The average molecular weight is 452 g/mol. The van der Waals surface area contributed by atoms with E-state index in [0.717, 1.165) is 0 Å². The Morgan fingerprint density at radius 3 is 2.68 bits per heavy atom. The Morgan fingerprint density at radius 2 is 2.00 bits per heavy atom. The van der Waals surface area contributed by atoms with Gasteiger partial charge >= 0.3 is 6.36 Å². The van der Waals surface area contributed by atoms with Crippen molar-refractivity contribution in [1.29, 1.82) is 0 Å². The van der Waals surface area contributed by atoms with E-state index in [0.29, 0.717) is 41.8 Å². The molecule has 0 unspecified atom stereocenters. The highest BCUT2D eigenvalue weighted by Crippen LogP contribution is 2.28. The summed E-state index contributed by atoms with van der Waals surface area (Å²) in [5.41, 5.74) is 0.0404. The number of hydrogen-bond acceptors (Lipinski definition) is 3. The molecule has 1 aliphatic rings. The van der Waals surface area contributed by atoms with Crippen LogP contribution < -0.4 is 10.1 Å². The lowest BCUT2D eigenvalue weighted by atomic mass is 9.82. The normalized spacial score (nSPS) is 21.0. The van der Waals surface area contributed by atoms with E-state index in [1.165, 1.54) is 24.3 Å². The highest BCUT2D eigenvalue weighted by atomic mass is 35.5. The van der Waals surface area contributed by atoms with Gasteiger partial charge in [-0.3, -0.25) is 4.79 Å². The molecule has 0 bridgehead atoms. The minimum atomic E-state index is -4.76. The number of hydrogen-bond donors (Lipinski definition) is 2. The fraction of sp³-hybridized carbons (Fsp3) is 0.348. The summed E-state index contributed by atoms with van der Waals surface area (Å²) in [6.45, 7) is 0. The third-order valence-electron chi connectivity index (χ3n) is 4.88. The summed E-state index contributed by atoms with van der Waals surface area (Å²) in [7, 11) is 0. The first-order valence-electron chi connectivity index (χ1n) is 9.75. The molecule has 164 valence electrons. The van der Waals surface area contributed by atoms with Gasteiger partial charge in [-0.25, -0.2) is 0 Å². The zero-order valence-electron chi connectivity index (χ0n) is 16.5. The van der Waals surface area contributed by atoms with Gasteiger partial charge in [-0.15, -0.1) is 13.2 Å². The topological polar surface area (TPSA) is 58.6 Å². The van der Waals surface area contributed by atoms with Crippen molar-refractivity contribution in [3.05, 3.63) is 64.7 Å². The van der Waals surface area contributed by atoms with E-state index in [1.807, 2.05) is 0 Å². The highest BCUT2D eigenvalue weighted by molar-refractivity contribution is 6.30. The largest absolute Gasteiger partial charge is 0.573 e. The van der Waals surface area contributed by atoms with Gasteiger partial charge < -0.3 is 15.2 Å². The number of alkyl halides is 3. The molecule has 0 spiro atoms. The second-order valence-corrected chi connectivity index (χ2v) is 7.96. The maximum atomic E-state index is 12.4. The van der Waals surface area contributed by atoms with Crippen molar-refractivity contribution in [2.45, 2.75) is 50.1 Å². The Morgan fingerprint density at radius 1 is 1.26 bits per heavy atom. The summed E-state index contributed by atoms with van der Waals surface area (Å²) in [6, 6.07) is 11.9. The Bertz CT molecular complexity index is 982. The van der Waals surface area contributed by atoms with Gasteiger partial charge in [-0.05, 0) is 55.2 Å². The van der Waals surface area contributed by atoms with Gasteiger partial charge in [0.2, 0.25) is 5.91 Å². The minimum absolute atomic E-state index is 0.00934. The van der Waals surface area contributed by atoms with Gasteiger partial charge in [-0.1, -0.05) is 41.6 Å². The van der Waals surface area contributed by atoms with Crippen LogP contribution in [0.5, 0.6) is 5.75 Å². The molecule has 2 aromatic carbocycles. The fourth-order valence-electron chi connectivity index (χ4n) is 3.52. The van der Waals surface area contributed by atoms with Crippen LogP contribution in [-0.4, -0.2) is 29.0 Å². The Kier molecular flexibility index (Phi) is 7.14. The van der Waals surface area contributed by atoms with Crippen molar-refractivity contribution in [3.8, 4) is 17.6 Å². The number of ether oxygens (including phenoxy) is 1. The van der Waals surface area contributed by atoms with Crippen LogP contribution in [0.4, 0.5) is 13.2 Å². The Balaban J connectivity index is 1.55. The molecule has 0 radical (unpaired) electrons. The molecule has 0 aliphatic heterocycles. The molecule has 2 atom stereocenters. The second kappa shape index (κ2) is 9.63. The SMILES string of the molecule is O=C(Cc1ccc(OC(F)(F)F)cc1)N[C@H]1CCC[C@@](O)(C#Cc2cccc(Cl)c2)C1. The molecule has 0 heterocycles. The third-order valence-corrected chi connectivity index (χ3v) is 5.11.